The van der Waals surface area contributed by atoms with Crippen LogP contribution in [0.2, 0.25) is 0 Å². The van der Waals surface area contributed by atoms with Crippen LogP contribution in [0.4, 0.5) is 0 Å². The third-order valence-corrected chi connectivity index (χ3v) is 3.53. The van der Waals surface area contributed by atoms with Crippen LogP contribution in [-0.2, 0) is 9.47 Å². The Bertz CT molecular complexity index is 585. The quantitative estimate of drug-likeness (QED) is 0.847. The van der Waals surface area contributed by atoms with Gasteiger partial charge in [-0.25, -0.2) is 9.97 Å². The molecule has 2 aromatic rings. The lowest BCUT2D eigenvalue weighted by molar-refractivity contribution is 0.0688. The SMILES string of the molecule is COc1cc(-c2nccn2[C@@H]2COC[C@@H]2OC)ccn1. The zero-order chi connectivity index (χ0) is 13.9. The Labute approximate surface area is 117 Å². The standard InChI is InChI=1S/C14H17N3O3/c1-18-12-9-20-8-11(12)17-6-5-16-14(17)10-3-4-15-13(7-10)19-2/h3-7,11-12H,8-9H2,1-2H3/t11-,12+/m1/s1. The summed E-state index contributed by atoms with van der Waals surface area (Å²) in [7, 11) is 3.31. The fourth-order valence-corrected chi connectivity index (χ4v) is 2.47. The molecule has 1 aliphatic rings. The molecular weight excluding hydrogens is 258 g/mol. The van der Waals surface area contributed by atoms with E-state index in [1.165, 1.54) is 0 Å². The molecule has 0 spiro atoms. The van der Waals surface area contributed by atoms with Gasteiger partial charge in [0, 0.05) is 37.3 Å². The zero-order valence-corrected chi connectivity index (χ0v) is 11.5. The van der Waals surface area contributed by atoms with Crippen molar-refractivity contribution >= 4 is 0 Å². The van der Waals surface area contributed by atoms with Crippen molar-refractivity contribution in [2.75, 3.05) is 27.4 Å². The van der Waals surface area contributed by atoms with Crippen LogP contribution < -0.4 is 4.74 Å². The molecule has 106 valence electrons. The lowest BCUT2D eigenvalue weighted by Gasteiger charge is -2.19. The number of imidazole rings is 1. The molecule has 3 rings (SSSR count). The summed E-state index contributed by atoms with van der Waals surface area (Å²) in [4.78, 5) is 8.56. The van der Waals surface area contributed by atoms with E-state index in [-0.39, 0.29) is 12.1 Å². The van der Waals surface area contributed by atoms with Crippen LogP contribution in [0.15, 0.2) is 30.7 Å². The summed E-state index contributed by atoms with van der Waals surface area (Å²) in [5.41, 5.74) is 0.962. The number of hydrogen-bond donors (Lipinski definition) is 0. The monoisotopic (exact) mass is 275 g/mol. The van der Waals surface area contributed by atoms with Gasteiger partial charge < -0.3 is 18.8 Å². The minimum atomic E-state index is 0.0479. The molecule has 2 atom stereocenters. The summed E-state index contributed by atoms with van der Waals surface area (Å²) in [6.45, 7) is 1.24. The van der Waals surface area contributed by atoms with E-state index in [0.29, 0.717) is 19.1 Å². The van der Waals surface area contributed by atoms with E-state index in [1.54, 1.807) is 26.6 Å². The second-order valence-corrected chi connectivity index (χ2v) is 4.62. The van der Waals surface area contributed by atoms with Crippen LogP contribution in [0.5, 0.6) is 5.88 Å². The van der Waals surface area contributed by atoms with Crippen LogP contribution in [-0.4, -0.2) is 48.1 Å². The Hall–Kier alpha value is -1.92. The van der Waals surface area contributed by atoms with Crippen LogP contribution in [0, 0.1) is 0 Å². The zero-order valence-electron chi connectivity index (χ0n) is 11.5. The molecule has 0 radical (unpaired) electrons. The topological polar surface area (TPSA) is 58.4 Å². The van der Waals surface area contributed by atoms with Crippen molar-refractivity contribution in [2.24, 2.45) is 0 Å². The Morgan fingerprint density at radius 2 is 2.15 bits per heavy atom. The third-order valence-electron chi connectivity index (χ3n) is 3.53. The Kier molecular flexibility index (Phi) is 3.66. The first-order valence-corrected chi connectivity index (χ1v) is 6.47. The fraction of sp³-hybridized carbons (Fsp3) is 0.429. The van der Waals surface area contributed by atoms with Crippen molar-refractivity contribution < 1.29 is 14.2 Å². The summed E-state index contributed by atoms with van der Waals surface area (Å²) in [5, 5.41) is 0. The van der Waals surface area contributed by atoms with Gasteiger partial charge in [0.25, 0.3) is 0 Å². The number of aromatic nitrogens is 3. The summed E-state index contributed by atoms with van der Waals surface area (Å²) < 4.78 is 18.2. The number of hydrogen-bond acceptors (Lipinski definition) is 5. The lowest BCUT2D eigenvalue weighted by atomic mass is 10.2. The second kappa shape index (κ2) is 5.60. The van der Waals surface area contributed by atoms with E-state index in [1.807, 2.05) is 18.3 Å². The molecule has 1 fully saturated rings. The predicted molar refractivity (Wildman–Crippen MR) is 72.7 cm³/mol. The van der Waals surface area contributed by atoms with Gasteiger partial charge in [-0.05, 0) is 6.07 Å². The first-order valence-electron chi connectivity index (χ1n) is 6.47. The highest BCUT2D eigenvalue weighted by Gasteiger charge is 2.31. The average molecular weight is 275 g/mol. The smallest absolute Gasteiger partial charge is 0.213 e. The maximum absolute atomic E-state index is 5.51. The van der Waals surface area contributed by atoms with Crippen molar-refractivity contribution in [1.82, 2.24) is 14.5 Å². The van der Waals surface area contributed by atoms with Gasteiger partial charge in [-0.1, -0.05) is 0 Å². The molecule has 1 aliphatic heterocycles. The molecule has 0 amide bonds. The van der Waals surface area contributed by atoms with Crippen LogP contribution in [0.3, 0.4) is 0 Å². The molecule has 0 N–H and O–H groups in total. The molecule has 2 aromatic heterocycles. The van der Waals surface area contributed by atoms with Crippen molar-refractivity contribution in [3.63, 3.8) is 0 Å². The van der Waals surface area contributed by atoms with Crippen LogP contribution in [0.25, 0.3) is 11.4 Å². The summed E-state index contributed by atoms with van der Waals surface area (Å²) in [5.74, 6) is 1.44. The van der Waals surface area contributed by atoms with Gasteiger partial charge in [-0.15, -0.1) is 0 Å². The van der Waals surface area contributed by atoms with Gasteiger partial charge in [-0.3, -0.25) is 0 Å². The molecule has 3 heterocycles. The van der Waals surface area contributed by atoms with Crippen molar-refractivity contribution in [1.29, 1.82) is 0 Å². The molecule has 6 heteroatoms. The normalized spacial score (nSPS) is 22.1. The van der Waals surface area contributed by atoms with E-state index >= 15 is 0 Å². The third kappa shape index (κ3) is 2.28. The lowest BCUT2D eigenvalue weighted by Crippen LogP contribution is -2.24. The summed E-state index contributed by atoms with van der Waals surface area (Å²) >= 11 is 0. The highest BCUT2D eigenvalue weighted by atomic mass is 16.5. The minimum Gasteiger partial charge on any atom is -0.481 e. The molecule has 0 bridgehead atoms. The Morgan fingerprint density at radius 1 is 1.25 bits per heavy atom. The number of rotatable bonds is 4. The summed E-state index contributed by atoms with van der Waals surface area (Å²) in [6.07, 6.45) is 5.50. The van der Waals surface area contributed by atoms with Crippen molar-refractivity contribution in [3.05, 3.63) is 30.7 Å². The Balaban J connectivity index is 1.97. The first kappa shape index (κ1) is 13.1. The van der Waals surface area contributed by atoms with Gasteiger partial charge in [0.2, 0.25) is 5.88 Å². The number of nitrogens with zero attached hydrogens (tertiary/aromatic N) is 3. The van der Waals surface area contributed by atoms with E-state index < -0.39 is 0 Å². The maximum atomic E-state index is 5.51. The van der Waals surface area contributed by atoms with E-state index in [2.05, 4.69) is 14.5 Å². The van der Waals surface area contributed by atoms with E-state index in [0.717, 1.165) is 11.4 Å². The molecule has 20 heavy (non-hydrogen) atoms. The molecule has 0 aliphatic carbocycles. The molecule has 0 aromatic carbocycles. The number of pyridine rings is 1. The molecule has 6 nitrogen and oxygen atoms in total. The van der Waals surface area contributed by atoms with Crippen LogP contribution >= 0.6 is 0 Å². The number of methoxy groups -OCH3 is 2. The van der Waals surface area contributed by atoms with Gasteiger partial charge >= 0.3 is 0 Å². The van der Waals surface area contributed by atoms with Crippen molar-refractivity contribution in [3.8, 4) is 17.3 Å². The fourth-order valence-electron chi connectivity index (χ4n) is 2.47. The minimum absolute atomic E-state index is 0.0479. The highest BCUT2D eigenvalue weighted by Crippen LogP contribution is 2.28. The van der Waals surface area contributed by atoms with Crippen molar-refractivity contribution in [2.45, 2.75) is 12.1 Å². The molecular formula is C14H17N3O3. The maximum Gasteiger partial charge on any atom is 0.213 e. The second-order valence-electron chi connectivity index (χ2n) is 4.62. The molecule has 0 unspecified atom stereocenters. The van der Waals surface area contributed by atoms with Gasteiger partial charge in [0.15, 0.2) is 0 Å². The van der Waals surface area contributed by atoms with E-state index in [4.69, 9.17) is 14.2 Å². The molecule has 1 saturated heterocycles. The highest BCUT2D eigenvalue weighted by molar-refractivity contribution is 5.56. The summed E-state index contributed by atoms with van der Waals surface area (Å²) in [6, 6.07) is 3.92. The van der Waals surface area contributed by atoms with Gasteiger partial charge in [0.05, 0.1) is 26.4 Å². The first-order chi connectivity index (χ1) is 9.83. The average Bonchev–Trinajstić information content (AvgIpc) is 3.15. The van der Waals surface area contributed by atoms with E-state index in [9.17, 15) is 0 Å². The van der Waals surface area contributed by atoms with Crippen LogP contribution in [0.1, 0.15) is 6.04 Å². The largest absolute Gasteiger partial charge is 0.481 e. The molecule has 0 saturated carbocycles. The van der Waals surface area contributed by atoms with Gasteiger partial charge in [-0.2, -0.15) is 0 Å². The predicted octanol–water partition coefficient (Wildman–Crippen LogP) is 1.54. The van der Waals surface area contributed by atoms with Gasteiger partial charge in [0.1, 0.15) is 11.9 Å². The number of ether oxygens (including phenoxy) is 3. The Morgan fingerprint density at radius 3 is 2.95 bits per heavy atom.